The van der Waals surface area contributed by atoms with Gasteiger partial charge in [0, 0.05) is 11.9 Å². The summed E-state index contributed by atoms with van der Waals surface area (Å²) in [5.41, 5.74) is 2.23. The summed E-state index contributed by atoms with van der Waals surface area (Å²) in [4.78, 5) is 0. The fourth-order valence-corrected chi connectivity index (χ4v) is 2.39. The molecule has 0 atom stereocenters. The topological polar surface area (TPSA) is 25.2 Å². The van der Waals surface area contributed by atoms with Crippen LogP contribution in [0.25, 0.3) is 22.3 Å². The fourth-order valence-electron chi connectivity index (χ4n) is 2.39. The van der Waals surface area contributed by atoms with E-state index in [9.17, 15) is 4.39 Å². The molecule has 3 aromatic rings. The highest BCUT2D eigenvalue weighted by Gasteiger charge is 2.11. The van der Waals surface area contributed by atoms with Gasteiger partial charge in [0.1, 0.15) is 17.2 Å². The number of nitrogens with one attached hydrogen (secondary N) is 1. The molecule has 0 saturated carbocycles. The third-order valence-electron chi connectivity index (χ3n) is 3.48. The number of benzene rings is 2. The van der Waals surface area contributed by atoms with Crippen LogP contribution >= 0.6 is 0 Å². The molecule has 108 valence electrons. The van der Waals surface area contributed by atoms with Gasteiger partial charge in [-0.05, 0) is 42.8 Å². The van der Waals surface area contributed by atoms with Crippen LogP contribution in [-0.4, -0.2) is 6.54 Å². The molecule has 1 N–H and O–H groups in total. The first-order valence-electron chi connectivity index (χ1n) is 7.26. The van der Waals surface area contributed by atoms with Crippen LogP contribution in [0.5, 0.6) is 0 Å². The van der Waals surface area contributed by atoms with Crippen molar-refractivity contribution in [2.75, 3.05) is 6.54 Å². The molecule has 2 aromatic carbocycles. The van der Waals surface area contributed by atoms with Crippen molar-refractivity contribution in [3.8, 4) is 11.3 Å². The Morgan fingerprint density at radius 2 is 1.95 bits per heavy atom. The first kappa shape index (κ1) is 13.8. The van der Waals surface area contributed by atoms with Gasteiger partial charge >= 0.3 is 0 Å². The largest absolute Gasteiger partial charge is 0.456 e. The van der Waals surface area contributed by atoms with E-state index in [2.05, 4.69) is 12.2 Å². The fraction of sp³-hybridized carbons (Fsp3) is 0.222. The molecule has 2 nitrogen and oxygen atoms in total. The monoisotopic (exact) mass is 283 g/mol. The molecular formula is C18H18FNO. The normalized spacial score (nSPS) is 11.1. The number of rotatable bonds is 5. The van der Waals surface area contributed by atoms with E-state index in [1.807, 2.05) is 36.4 Å². The second-order valence-electron chi connectivity index (χ2n) is 5.14. The predicted octanol–water partition coefficient (Wildman–Crippen LogP) is 4.74. The van der Waals surface area contributed by atoms with E-state index in [-0.39, 0.29) is 5.82 Å². The molecule has 1 heterocycles. The summed E-state index contributed by atoms with van der Waals surface area (Å²) < 4.78 is 20.0. The van der Waals surface area contributed by atoms with E-state index >= 15 is 0 Å². The van der Waals surface area contributed by atoms with Crippen molar-refractivity contribution in [1.29, 1.82) is 0 Å². The molecule has 0 bridgehead atoms. The smallest absolute Gasteiger partial charge is 0.138 e. The van der Waals surface area contributed by atoms with Gasteiger partial charge in [-0.1, -0.05) is 31.2 Å². The van der Waals surface area contributed by atoms with Crippen LogP contribution in [0.3, 0.4) is 0 Å². The third-order valence-corrected chi connectivity index (χ3v) is 3.48. The SMILES string of the molecule is CCCNCc1ccc(-c2cc3ccccc3o2)c(F)c1. The van der Waals surface area contributed by atoms with Crippen LogP contribution in [-0.2, 0) is 6.54 Å². The molecule has 0 aliphatic carbocycles. The highest BCUT2D eigenvalue weighted by molar-refractivity contribution is 5.82. The minimum Gasteiger partial charge on any atom is -0.456 e. The molecule has 1 aromatic heterocycles. The van der Waals surface area contributed by atoms with Crippen molar-refractivity contribution >= 4 is 11.0 Å². The van der Waals surface area contributed by atoms with Gasteiger partial charge in [0.15, 0.2) is 0 Å². The summed E-state index contributed by atoms with van der Waals surface area (Å²) >= 11 is 0. The lowest BCUT2D eigenvalue weighted by Crippen LogP contribution is -2.13. The Bertz CT molecular complexity index is 715. The highest BCUT2D eigenvalue weighted by atomic mass is 19.1. The maximum atomic E-state index is 14.3. The molecule has 3 rings (SSSR count). The Morgan fingerprint density at radius 3 is 2.71 bits per heavy atom. The Morgan fingerprint density at radius 1 is 1.10 bits per heavy atom. The van der Waals surface area contributed by atoms with Crippen LogP contribution < -0.4 is 5.32 Å². The van der Waals surface area contributed by atoms with Gasteiger partial charge < -0.3 is 9.73 Å². The predicted molar refractivity (Wildman–Crippen MR) is 83.6 cm³/mol. The highest BCUT2D eigenvalue weighted by Crippen LogP contribution is 2.29. The van der Waals surface area contributed by atoms with Crippen molar-refractivity contribution in [1.82, 2.24) is 5.32 Å². The molecule has 0 aliphatic rings. The Labute approximate surface area is 123 Å². The zero-order valence-electron chi connectivity index (χ0n) is 12.0. The Kier molecular flexibility index (Phi) is 4.02. The van der Waals surface area contributed by atoms with E-state index in [4.69, 9.17) is 4.42 Å². The molecule has 0 aliphatic heterocycles. The van der Waals surface area contributed by atoms with Gasteiger partial charge in [0.2, 0.25) is 0 Å². The summed E-state index contributed by atoms with van der Waals surface area (Å²) in [5.74, 6) is 0.326. The molecule has 21 heavy (non-hydrogen) atoms. The number of fused-ring (bicyclic) bond motifs is 1. The van der Waals surface area contributed by atoms with Crippen molar-refractivity contribution in [3.63, 3.8) is 0 Å². The molecule has 0 unspecified atom stereocenters. The first-order valence-corrected chi connectivity index (χ1v) is 7.26. The quantitative estimate of drug-likeness (QED) is 0.684. The lowest BCUT2D eigenvalue weighted by atomic mass is 10.1. The van der Waals surface area contributed by atoms with E-state index in [1.165, 1.54) is 0 Å². The van der Waals surface area contributed by atoms with Crippen LogP contribution in [0, 0.1) is 5.82 Å². The second kappa shape index (κ2) is 6.10. The molecule has 0 spiro atoms. The maximum Gasteiger partial charge on any atom is 0.138 e. The van der Waals surface area contributed by atoms with Crippen LogP contribution in [0.1, 0.15) is 18.9 Å². The summed E-state index contributed by atoms with van der Waals surface area (Å²) in [6.45, 7) is 3.73. The summed E-state index contributed by atoms with van der Waals surface area (Å²) in [6, 6.07) is 14.9. The van der Waals surface area contributed by atoms with E-state index < -0.39 is 0 Å². The number of para-hydroxylation sites is 1. The maximum absolute atomic E-state index is 14.3. The molecule has 0 saturated heterocycles. The van der Waals surface area contributed by atoms with Crippen LogP contribution in [0.2, 0.25) is 0 Å². The number of furan rings is 1. The second-order valence-corrected chi connectivity index (χ2v) is 5.14. The first-order chi connectivity index (χ1) is 10.3. The summed E-state index contributed by atoms with van der Waals surface area (Å²) in [5, 5.41) is 4.26. The van der Waals surface area contributed by atoms with Crippen LogP contribution in [0.4, 0.5) is 4.39 Å². The molecule has 0 radical (unpaired) electrons. The standard InChI is InChI=1S/C18H18FNO/c1-2-9-20-12-13-7-8-15(16(19)10-13)18-11-14-5-3-4-6-17(14)21-18/h3-8,10-11,20H,2,9,12H2,1H3. The van der Waals surface area contributed by atoms with Gasteiger partial charge in [-0.2, -0.15) is 0 Å². The zero-order chi connectivity index (χ0) is 14.7. The Balaban J connectivity index is 1.88. The minimum atomic E-state index is -0.246. The van der Waals surface area contributed by atoms with E-state index in [0.29, 0.717) is 17.9 Å². The average Bonchev–Trinajstić information content (AvgIpc) is 2.91. The molecule has 3 heteroatoms. The number of hydrogen-bond donors (Lipinski definition) is 1. The number of hydrogen-bond acceptors (Lipinski definition) is 2. The van der Waals surface area contributed by atoms with Crippen LogP contribution in [0.15, 0.2) is 52.9 Å². The number of halogens is 1. The van der Waals surface area contributed by atoms with Crippen molar-refractivity contribution in [3.05, 3.63) is 59.9 Å². The third kappa shape index (κ3) is 2.98. The molecule has 0 amide bonds. The summed E-state index contributed by atoms with van der Waals surface area (Å²) in [7, 11) is 0. The van der Waals surface area contributed by atoms with Crippen molar-refractivity contribution < 1.29 is 8.81 Å². The molecule has 0 fully saturated rings. The van der Waals surface area contributed by atoms with Crippen molar-refractivity contribution in [2.24, 2.45) is 0 Å². The Hall–Kier alpha value is -2.13. The van der Waals surface area contributed by atoms with Gasteiger partial charge in [-0.15, -0.1) is 0 Å². The molecular weight excluding hydrogens is 265 g/mol. The summed E-state index contributed by atoms with van der Waals surface area (Å²) in [6.07, 6.45) is 1.07. The van der Waals surface area contributed by atoms with E-state index in [1.54, 1.807) is 12.1 Å². The minimum absolute atomic E-state index is 0.246. The van der Waals surface area contributed by atoms with Gasteiger partial charge in [0.05, 0.1) is 5.56 Å². The average molecular weight is 283 g/mol. The van der Waals surface area contributed by atoms with Crippen molar-refractivity contribution in [2.45, 2.75) is 19.9 Å². The lowest BCUT2D eigenvalue weighted by molar-refractivity contribution is 0.598. The zero-order valence-corrected chi connectivity index (χ0v) is 12.0. The lowest BCUT2D eigenvalue weighted by Gasteiger charge is -2.05. The van der Waals surface area contributed by atoms with E-state index in [0.717, 1.165) is 29.5 Å². The van der Waals surface area contributed by atoms with Gasteiger partial charge in [-0.25, -0.2) is 4.39 Å². The van der Waals surface area contributed by atoms with Gasteiger partial charge in [-0.3, -0.25) is 0 Å². The van der Waals surface area contributed by atoms with Gasteiger partial charge in [0.25, 0.3) is 0 Å².